The first-order valence-electron chi connectivity index (χ1n) is 29.5. The molecule has 0 aromatic heterocycles. The number of methoxy groups -OCH3 is 1. The minimum absolute atomic E-state index is 0. The molecule has 20 nitrogen and oxygen atoms in total. The molecular weight excluding hydrogens is 1180 g/mol. The van der Waals surface area contributed by atoms with Gasteiger partial charge in [0.05, 0.1) is 57.2 Å². The Morgan fingerprint density at radius 3 is 1.53 bits per heavy atom. The van der Waals surface area contributed by atoms with Crippen molar-refractivity contribution in [2.45, 2.75) is 189 Å². The Bertz CT molecular complexity index is 2310. The molecule has 0 saturated carbocycles. The summed E-state index contributed by atoms with van der Waals surface area (Å²) in [5, 5.41) is 44.1. The van der Waals surface area contributed by atoms with Crippen LogP contribution in [0.4, 0.5) is 17.6 Å². The number of terminal acetylenes is 1. The van der Waals surface area contributed by atoms with Gasteiger partial charge in [0, 0.05) is 63.6 Å². The number of rotatable bonds is 38. The number of halogens is 4. The molecule has 0 rings (SSSR count). The maximum absolute atomic E-state index is 12.1. The molecule has 0 aliphatic heterocycles. The fraction of sp³-hybridized carbons (Fsp3) is 0.785. The van der Waals surface area contributed by atoms with E-state index < -0.39 is 46.3 Å². The van der Waals surface area contributed by atoms with E-state index >= 15 is 0 Å². The standard InChI is InChI=1S/C12H20N2O3.C10H12N2.C8H11F4N.C7H10N2O3.C7H10N2.C7H13NO2S.C7H13N.C6H11N.CH4/c1-3-7-17-12(10-15-8-4-5-13)11-16-9-6-14-2;1-2-3-4-6-10(9-12)7-5-8-11;1-6(4-9)3-7(5-13-2)8(10,11)12;1-9-12-5-7(11-6-8)3-4-10-2;1-3-4-7(5-8)6-9-2;1-4-5-7(6-8-2)11(3,9)10;1-4-5-7(2)6-8-3;1-4-6(2)5-7-3;/h12H,3-4,6-11H2,1H3;1,10H,3-7H2;6-7H,3-5H2,1H3;7H,3-5H2,2H3;7H,3-4,6H2,1H3;7H,4-6H2,1,3H3;7H,4-6H2,1-2H3;6H,4-5H2,1-2H3;1H4. The molecule has 0 fully saturated rings. The maximum atomic E-state index is 12.1. The van der Waals surface area contributed by atoms with Crippen molar-refractivity contribution in [3.8, 4) is 42.9 Å². The van der Waals surface area contributed by atoms with Crippen LogP contribution < -0.4 is 0 Å². The van der Waals surface area contributed by atoms with Crippen molar-refractivity contribution in [2.75, 3.05) is 106 Å². The van der Waals surface area contributed by atoms with Crippen LogP contribution in [-0.2, 0) is 38.4 Å². The molecule has 0 aliphatic carbocycles. The van der Waals surface area contributed by atoms with Crippen LogP contribution in [0.5, 0.6) is 0 Å². The van der Waals surface area contributed by atoms with Gasteiger partial charge in [-0.25, -0.2) is 47.9 Å². The van der Waals surface area contributed by atoms with Crippen LogP contribution in [0.2, 0.25) is 0 Å². The molecule has 0 radical (unpaired) electrons. The van der Waals surface area contributed by atoms with Crippen molar-refractivity contribution in [3.63, 3.8) is 0 Å². The Kier molecular flexibility index (Phi) is 92.0. The molecule has 0 saturated heterocycles. The molecule has 506 valence electrons. The van der Waals surface area contributed by atoms with Crippen LogP contribution in [-0.4, -0.2) is 138 Å². The first kappa shape index (κ1) is 101. The SMILES string of the molecule is C.C#CCCCC(C#N)CCC#N.[C-]#[N+]CC(C#N)CCC.[C-]#[N+]CC(C)CC.[C-]#[N+]CC(C)CCC.[C-]#[N+]CC(CC(C)CF)C(F)(F)F.[C-]#[N+]CC(CCC)S(C)(=O)=O.[C-]#[N+]CCOCC(COCCC#N)OCCC.[C-]#[N+]OCC(CCOC)OC#N. The third-order valence-corrected chi connectivity index (χ3v) is 13.0. The van der Waals surface area contributed by atoms with Crippen molar-refractivity contribution in [3.05, 3.63) is 80.1 Å². The van der Waals surface area contributed by atoms with Crippen molar-refractivity contribution in [2.24, 2.45) is 35.5 Å². The monoisotopic (exact) mass is 1290 g/mol. The van der Waals surface area contributed by atoms with Crippen LogP contribution >= 0.6 is 0 Å². The topological polar surface area (TPSA) is 239 Å². The lowest BCUT2D eigenvalue weighted by atomic mass is 9.96. The van der Waals surface area contributed by atoms with E-state index in [0.717, 1.165) is 51.4 Å². The summed E-state index contributed by atoms with van der Waals surface area (Å²) in [6.07, 6.45) is 14.9. The van der Waals surface area contributed by atoms with Gasteiger partial charge in [-0.1, -0.05) is 82.1 Å². The molecule has 0 spiro atoms. The van der Waals surface area contributed by atoms with Gasteiger partial charge in [-0.2, -0.15) is 50.9 Å². The zero-order valence-electron chi connectivity index (χ0n) is 54.5. The zero-order valence-corrected chi connectivity index (χ0v) is 55.4. The first-order valence-corrected chi connectivity index (χ1v) is 31.5. The number of unbranched alkanes of at least 4 members (excludes halogenated alkanes) is 1. The summed E-state index contributed by atoms with van der Waals surface area (Å²) in [5.74, 6) is 1.39. The number of ether oxygens (including phenoxy) is 5. The number of alkyl halides is 4. The van der Waals surface area contributed by atoms with Crippen LogP contribution in [0.15, 0.2) is 0 Å². The number of nitriles is 5. The number of hydrogen-bond acceptors (Lipinski definition) is 13. The highest BCUT2D eigenvalue weighted by Crippen LogP contribution is 2.31. The molecular formula is C65H104F4N12O8S. The third kappa shape index (κ3) is 87.0. The highest BCUT2D eigenvalue weighted by atomic mass is 32.2. The van der Waals surface area contributed by atoms with Crippen LogP contribution in [0.1, 0.15) is 166 Å². The zero-order chi connectivity index (χ0) is 69.8. The van der Waals surface area contributed by atoms with Crippen LogP contribution in [0.25, 0.3) is 34.1 Å². The average molecular weight is 1290 g/mol. The van der Waals surface area contributed by atoms with E-state index in [4.69, 9.17) is 97.7 Å². The van der Waals surface area contributed by atoms with Gasteiger partial charge < -0.3 is 52.8 Å². The quantitative estimate of drug-likeness (QED) is 0.0140. The summed E-state index contributed by atoms with van der Waals surface area (Å²) in [4.78, 5) is 23.1. The van der Waals surface area contributed by atoms with Crippen molar-refractivity contribution < 1.29 is 54.5 Å². The molecule has 25 heteroatoms. The minimum atomic E-state index is -4.38. The summed E-state index contributed by atoms with van der Waals surface area (Å²) < 4.78 is 95.8. The molecule has 9 unspecified atom stereocenters. The third-order valence-electron chi connectivity index (χ3n) is 11.4. The van der Waals surface area contributed by atoms with E-state index in [1.807, 2.05) is 32.9 Å². The summed E-state index contributed by atoms with van der Waals surface area (Å²) >= 11 is 0. The van der Waals surface area contributed by atoms with Crippen LogP contribution in [0, 0.1) is 151 Å². The number of nitrogens with zero attached hydrogens (tertiary/aromatic N) is 12. The van der Waals surface area contributed by atoms with Gasteiger partial charge in [0.25, 0.3) is 6.26 Å². The summed E-state index contributed by atoms with van der Waals surface area (Å²) in [7, 11) is -1.45. The average Bonchev–Trinajstić information content (AvgIpc) is 3.71. The number of hydrogen-bond donors (Lipinski definition) is 0. The van der Waals surface area contributed by atoms with E-state index in [2.05, 4.69) is 89.4 Å². The predicted molar refractivity (Wildman–Crippen MR) is 344 cm³/mol. The molecule has 0 aliphatic rings. The first-order chi connectivity index (χ1) is 42.4. The fourth-order valence-electron chi connectivity index (χ4n) is 6.18. The molecule has 9 atom stereocenters. The maximum Gasteiger partial charge on any atom is 0.398 e. The minimum Gasteiger partial charge on any atom is -0.420 e. The predicted octanol–water partition coefficient (Wildman–Crippen LogP) is 15.6. The highest BCUT2D eigenvalue weighted by Gasteiger charge is 2.42. The fourth-order valence-corrected chi connectivity index (χ4v) is 7.19. The molecule has 0 N–H and O–H groups in total. The Morgan fingerprint density at radius 1 is 0.589 bits per heavy atom. The molecule has 90 heavy (non-hydrogen) atoms. The van der Waals surface area contributed by atoms with Gasteiger partial charge in [-0.15, -0.1) is 12.3 Å². The Morgan fingerprint density at radius 2 is 1.13 bits per heavy atom. The summed E-state index contributed by atoms with van der Waals surface area (Å²) in [5.41, 5.74) is 0. The smallest absolute Gasteiger partial charge is 0.398 e. The van der Waals surface area contributed by atoms with Gasteiger partial charge in [-0.3, -0.25) is 4.39 Å². The second-order valence-corrected chi connectivity index (χ2v) is 22.1. The van der Waals surface area contributed by atoms with Crippen LogP contribution in [0.3, 0.4) is 0 Å². The highest BCUT2D eigenvalue weighted by molar-refractivity contribution is 7.91. The van der Waals surface area contributed by atoms with Gasteiger partial charge in [0.1, 0.15) is 29.8 Å². The lowest BCUT2D eigenvalue weighted by molar-refractivity contribution is -0.174. The lowest BCUT2D eigenvalue weighted by Gasteiger charge is -2.17. The normalized spacial score (nSPS) is 12.4. The van der Waals surface area contributed by atoms with E-state index in [1.165, 1.54) is 26.0 Å². The summed E-state index contributed by atoms with van der Waals surface area (Å²) in [6.45, 7) is 65.0. The second kappa shape index (κ2) is 81.5. The van der Waals surface area contributed by atoms with Crippen molar-refractivity contribution >= 4 is 9.84 Å². The molecule has 0 aromatic carbocycles. The largest absolute Gasteiger partial charge is 0.420 e. The van der Waals surface area contributed by atoms with Crippen molar-refractivity contribution in [1.29, 1.82) is 26.3 Å². The van der Waals surface area contributed by atoms with E-state index in [9.17, 15) is 26.0 Å². The molecule has 0 heterocycles. The van der Waals surface area contributed by atoms with Crippen molar-refractivity contribution in [1.82, 2.24) is 0 Å². The van der Waals surface area contributed by atoms with Gasteiger partial charge >= 0.3 is 6.18 Å². The summed E-state index contributed by atoms with van der Waals surface area (Å²) in [6, 6.07) is 8.31. The van der Waals surface area contributed by atoms with E-state index in [-0.39, 0.29) is 51.0 Å². The van der Waals surface area contributed by atoms with E-state index in [0.29, 0.717) is 110 Å². The van der Waals surface area contributed by atoms with Gasteiger partial charge in [0.15, 0.2) is 15.9 Å². The lowest BCUT2D eigenvalue weighted by Crippen LogP contribution is -2.27. The molecule has 0 bridgehead atoms. The van der Waals surface area contributed by atoms with E-state index in [1.54, 1.807) is 13.4 Å². The Hall–Kier alpha value is -7.45. The second-order valence-electron chi connectivity index (χ2n) is 19.8. The Balaban J connectivity index is -0.000000120. The molecule has 0 aromatic rings. The molecule has 0 amide bonds. The number of sulfone groups is 1. The van der Waals surface area contributed by atoms with Gasteiger partial charge in [0.2, 0.25) is 45.9 Å². The van der Waals surface area contributed by atoms with Gasteiger partial charge in [-0.05, 0) is 68.7 Å². The Labute approximate surface area is 541 Å².